The molecule has 94 valence electrons. The summed E-state index contributed by atoms with van der Waals surface area (Å²) in [6.45, 7) is 10.1. The molecule has 0 unspecified atom stereocenters. The van der Waals surface area contributed by atoms with Crippen LogP contribution in [0.2, 0.25) is 0 Å². The Kier molecular flexibility index (Phi) is 12.8. The minimum atomic E-state index is 0.803. The van der Waals surface area contributed by atoms with Crippen LogP contribution in [0.4, 0.5) is 0 Å². The third-order valence-corrected chi connectivity index (χ3v) is 1.87. The van der Waals surface area contributed by atoms with Gasteiger partial charge in [0.2, 0.25) is 0 Å². The van der Waals surface area contributed by atoms with E-state index in [9.17, 15) is 0 Å². The van der Waals surface area contributed by atoms with Crippen LogP contribution in [-0.4, -0.2) is 14.2 Å². The molecule has 0 aliphatic heterocycles. The lowest BCUT2D eigenvalue weighted by molar-refractivity contribution is 0.352. The van der Waals surface area contributed by atoms with Gasteiger partial charge in [0.1, 0.15) is 0 Å². The molecule has 0 aliphatic carbocycles. The lowest BCUT2D eigenvalue weighted by Gasteiger charge is -2.10. The van der Waals surface area contributed by atoms with Crippen LogP contribution in [0, 0.1) is 0 Å². The minimum Gasteiger partial charge on any atom is -0.493 e. The predicted molar refractivity (Wildman–Crippen MR) is 71.6 cm³/mol. The molecule has 0 saturated heterocycles. The monoisotopic (exact) mass is 226 g/mol. The van der Waals surface area contributed by atoms with Crippen LogP contribution in [0.5, 0.6) is 11.5 Å². The number of hydrogen-bond donors (Lipinski definition) is 0. The van der Waals surface area contributed by atoms with Crippen LogP contribution in [0.3, 0.4) is 0 Å². The Morgan fingerprint density at radius 2 is 1.50 bits per heavy atom. The standard InChI is InChI=1S/C10H14O2.2C2H6/c1-4-8-6-5-7-9(11-2)10(8)12-3;2*1-2/h5-7H,4H2,1-3H3;2*1-2H3. The molecule has 0 atom stereocenters. The lowest BCUT2D eigenvalue weighted by atomic mass is 10.1. The van der Waals surface area contributed by atoms with Gasteiger partial charge in [-0.15, -0.1) is 0 Å². The van der Waals surface area contributed by atoms with Crippen molar-refractivity contribution < 1.29 is 9.47 Å². The summed E-state index contributed by atoms with van der Waals surface area (Å²) >= 11 is 0. The van der Waals surface area contributed by atoms with Crippen molar-refractivity contribution in [3.8, 4) is 11.5 Å². The molecule has 0 aromatic heterocycles. The van der Waals surface area contributed by atoms with Crippen molar-refractivity contribution in [1.29, 1.82) is 0 Å². The molecule has 0 bridgehead atoms. The van der Waals surface area contributed by atoms with E-state index in [1.807, 2.05) is 45.9 Å². The molecular formula is C14H26O2. The van der Waals surface area contributed by atoms with Crippen molar-refractivity contribution >= 4 is 0 Å². The van der Waals surface area contributed by atoms with Gasteiger partial charge in [0.05, 0.1) is 14.2 Å². The predicted octanol–water partition coefficient (Wildman–Crippen LogP) is 4.32. The fraction of sp³-hybridized carbons (Fsp3) is 0.571. The van der Waals surface area contributed by atoms with Crippen molar-refractivity contribution in [3.05, 3.63) is 23.8 Å². The number of para-hydroxylation sites is 1. The van der Waals surface area contributed by atoms with Crippen LogP contribution in [0.1, 0.15) is 40.2 Å². The molecule has 0 amide bonds. The summed E-state index contributed by atoms with van der Waals surface area (Å²) < 4.78 is 10.4. The summed E-state index contributed by atoms with van der Waals surface area (Å²) in [5, 5.41) is 0. The Morgan fingerprint density at radius 1 is 0.938 bits per heavy atom. The summed E-state index contributed by atoms with van der Waals surface area (Å²) in [4.78, 5) is 0. The molecule has 0 saturated carbocycles. The summed E-state index contributed by atoms with van der Waals surface area (Å²) in [6.07, 6.45) is 0.959. The van der Waals surface area contributed by atoms with Crippen LogP contribution >= 0.6 is 0 Å². The Hall–Kier alpha value is -1.18. The van der Waals surface area contributed by atoms with Gasteiger partial charge in [-0.1, -0.05) is 46.8 Å². The van der Waals surface area contributed by atoms with Gasteiger partial charge < -0.3 is 9.47 Å². The van der Waals surface area contributed by atoms with Crippen molar-refractivity contribution in [1.82, 2.24) is 0 Å². The first kappa shape index (κ1) is 17.2. The van der Waals surface area contributed by atoms with E-state index >= 15 is 0 Å². The largest absolute Gasteiger partial charge is 0.493 e. The van der Waals surface area contributed by atoms with E-state index in [1.54, 1.807) is 14.2 Å². The number of hydrogen-bond acceptors (Lipinski definition) is 2. The summed E-state index contributed by atoms with van der Waals surface area (Å²) in [7, 11) is 3.31. The van der Waals surface area contributed by atoms with Crippen molar-refractivity contribution in [2.45, 2.75) is 41.0 Å². The van der Waals surface area contributed by atoms with Crippen molar-refractivity contribution in [3.63, 3.8) is 0 Å². The summed E-state index contributed by atoms with van der Waals surface area (Å²) in [5.74, 6) is 1.65. The molecule has 16 heavy (non-hydrogen) atoms. The smallest absolute Gasteiger partial charge is 0.163 e. The highest BCUT2D eigenvalue weighted by molar-refractivity contribution is 5.46. The van der Waals surface area contributed by atoms with E-state index < -0.39 is 0 Å². The van der Waals surface area contributed by atoms with E-state index in [0.29, 0.717) is 0 Å². The zero-order valence-corrected chi connectivity index (χ0v) is 11.8. The highest BCUT2D eigenvalue weighted by Crippen LogP contribution is 2.30. The fourth-order valence-corrected chi connectivity index (χ4v) is 1.23. The molecule has 1 aromatic rings. The molecule has 1 rings (SSSR count). The Bertz CT molecular complexity index is 235. The van der Waals surface area contributed by atoms with Gasteiger partial charge in [0.15, 0.2) is 11.5 Å². The second-order valence-electron chi connectivity index (χ2n) is 2.51. The quantitative estimate of drug-likeness (QED) is 0.764. The number of aryl methyl sites for hydroxylation is 1. The zero-order chi connectivity index (χ0) is 13.0. The second-order valence-corrected chi connectivity index (χ2v) is 2.51. The Labute approximate surface area is 101 Å². The van der Waals surface area contributed by atoms with Crippen LogP contribution in [-0.2, 0) is 6.42 Å². The molecule has 0 fully saturated rings. The first-order valence-electron chi connectivity index (χ1n) is 6.03. The number of methoxy groups -OCH3 is 2. The van der Waals surface area contributed by atoms with Gasteiger partial charge in [0, 0.05) is 0 Å². The molecule has 2 heteroatoms. The van der Waals surface area contributed by atoms with E-state index in [-0.39, 0.29) is 0 Å². The van der Waals surface area contributed by atoms with Crippen LogP contribution in [0.15, 0.2) is 18.2 Å². The fourth-order valence-electron chi connectivity index (χ4n) is 1.23. The van der Waals surface area contributed by atoms with Gasteiger partial charge in [-0.3, -0.25) is 0 Å². The van der Waals surface area contributed by atoms with E-state index in [2.05, 4.69) is 6.92 Å². The Balaban J connectivity index is 0. The third kappa shape index (κ3) is 5.06. The SMILES string of the molecule is CC.CC.CCc1cccc(OC)c1OC. The number of benzene rings is 1. The van der Waals surface area contributed by atoms with Gasteiger partial charge in [-0.2, -0.15) is 0 Å². The van der Waals surface area contributed by atoms with Crippen molar-refractivity contribution in [2.24, 2.45) is 0 Å². The van der Waals surface area contributed by atoms with Gasteiger partial charge in [-0.05, 0) is 18.1 Å². The average molecular weight is 226 g/mol. The maximum absolute atomic E-state index is 5.23. The zero-order valence-electron chi connectivity index (χ0n) is 11.8. The van der Waals surface area contributed by atoms with E-state index in [4.69, 9.17) is 9.47 Å². The highest BCUT2D eigenvalue weighted by atomic mass is 16.5. The molecule has 1 aromatic carbocycles. The van der Waals surface area contributed by atoms with Crippen molar-refractivity contribution in [2.75, 3.05) is 14.2 Å². The normalized spacial score (nSPS) is 7.94. The van der Waals surface area contributed by atoms with E-state index in [0.717, 1.165) is 17.9 Å². The molecule has 0 spiro atoms. The molecule has 0 radical (unpaired) electrons. The van der Waals surface area contributed by atoms with Crippen LogP contribution < -0.4 is 9.47 Å². The first-order chi connectivity index (χ1) is 7.83. The first-order valence-corrected chi connectivity index (χ1v) is 6.03. The maximum Gasteiger partial charge on any atom is 0.163 e. The van der Waals surface area contributed by atoms with Gasteiger partial charge in [0.25, 0.3) is 0 Å². The average Bonchev–Trinajstić information content (AvgIpc) is 2.42. The third-order valence-electron chi connectivity index (χ3n) is 1.87. The van der Waals surface area contributed by atoms with Crippen LogP contribution in [0.25, 0.3) is 0 Å². The highest BCUT2D eigenvalue weighted by Gasteiger charge is 2.06. The molecule has 2 nitrogen and oxygen atoms in total. The number of ether oxygens (including phenoxy) is 2. The van der Waals surface area contributed by atoms with Gasteiger partial charge in [-0.25, -0.2) is 0 Å². The maximum atomic E-state index is 5.23. The van der Waals surface area contributed by atoms with E-state index in [1.165, 1.54) is 5.56 Å². The minimum absolute atomic E-state index is 0.803. The molecular weight excluding hydrogens is 200 g/mol. The second kappa shape index (κ2) is 11.9. The molecule has 0 aliphatic rings. The molecule has 0 N–H and O–H groups in total. The molecule has 0 heterocycles. The summed E-state index contributed by atoms with van der Waals surface area (Å²) in [6, 6.07) is 5.92. The number of rotatable bonds is 3. The Morgan fingerprint density at radius 3 is 1.88 bits per heavy atom. The van der Waals surface area contributed by atoms with Gasteiger partial charge >= 0.3 is 0 Å². The topological polar surface area (TPSA) is 18.5 Å². The summed E-state index contributed by atoms with van der Waals surface area (Å²) in [5.41, 5.74) is 1.18. The lowest BCUT2D eigenvalue weighted by Crippen LogP contribution is -1.94.